The number of hydrogen-bond donors (Lipinski definition) is 0. The van der Waals surface area contributed by atoms with Crippen molar-refractivity contribution in [1.29, 1.82) is 0 Å². The lowest BCUT2D eigenvalue weighted by molar-refractivity contribution is -0.141. The molecule has 1 aromatic heterocycles. The van der Waals surface area contributed by atoms with Gasteiger partial charge in [0.1, 0.15) is 6.10 Å². The average Bonchev–Trinajstić information content (AvgIpc) is 3.42. The van der Waals surface area contributed by atoms with E-state index >= 15 is 0 Å². The molecule has 3 aromatic carbocycles. The first-order chi connectivity index (χ1) is 18.1. The van der Waals surface area contributed by atoms with E-state index in [9.17, 15) is 9.59 Å². The Morgan fingerprint density at radius 2 is 1.66 bits per heavy atom. The summed E-state index contributed by atoms with van der Waals surface area (Å²) in [6.45, 7) is 12.3. The third-order valence-corrected chi connectivity index (χ3v) is 7.05. The number of benzene rings is 3. The molecule has 0 aliphatic carbocycles. The first-order valence-electron chi connectivity index (χ1n) is 12.8. The van der Waals surface area contributed by atoms with Gasteiger partial charge in [0.25, 0.3) is 0 Å². The lowest BCUT2D eigenvalue weighted by Gasteiger charge is -2.17. The molecule has 7 heteroatoms. The van der Waals surface area contributed by atoms with Crippen LogP contribution in [-0.4, -0.2) is 34.4 Å². The molecule has 7 nitrogen and oxygen atoms in total. The molecule has 0 spiro atoms. The number of aromatic nitrogens is 1. The molecule has 0 N–H and O–H groups in total. The summed E-state index contributed by atoms with van der Waals surface area (Å²) in [5.41, 5.74) is 6.76. The van der Waals surface area contributed by atoms with Gasteiger partial charge in [0.05, 0.1) is 12.3 Å². The number of nitrogens with zero attached hydrogens (tertiary/aromatic N) is 2. The van der Waals surface area contributed by atoms with Gasteiger partial charge in [-0.1, -0.05) is 29.4 Å². The van der Waals surface area contributed by atoms with Crippen molar-refractivity contribution in [3.05, 3.63) is 82.4 Å². The van der Waals surface area contributed by atoms with Crippen LogP contribution in [0.15, 0.2) is 59.8 Å². The van der Waals surface area contributed by atoms with Crippen molar-refractivity contribution >= 4 is 39.3 Å². The second kappa shape index (κ2) is 9.82. The Labute approximate surface area is 222 Å². The molecule has 1 aliphatic rings. The summed E-state index contributed by atoms with van der Waals surface area (Å²) < 4.78 is 13.9. The average molecular weight is 513 g/mol. The summed E-state index contributed by atoms with van der Waals surface area (Å²) in [5, 5.41) is 5.94. The fourth-order valence-corrected chi connectivity index (χ4v) is 5.15. The molecular weight excluding hydrogens is 480 g/mol. The van der Waals surface area contributed by atoms with Crippen LogP contribution in [0, 0.1) is 6.92 Å². The maximum absolute atomic E-state index is 13.7. The van der Waals surface area contributed by atoms with Crippen molar-refractivity contribution in [1.82, 2.24) is 4.57 Å². The summed E-state index contributed by atoms with van der Waals surface area (Å²) in [5.74, 6) is -1.10. The van der Waals surface area contributed by atoms with Gasteiger partial charge in [-0.25, -0.2) is 4.79 Å². The third-order valence-electron chi connectivity index (χ3n) is 7.05. The van der Waals surface area contributed by atoms with Gasteiger partial charge >= 0.3 is 5.97 Å². The number of fused-ring (bicyclic) bond motifs is 3. The molecule has 5 rings (SSSR count). The molecule has 1 fully saturated rings. The highest BCUT2D eigenvalue weighted by atomic mass is 16.7. The highest BCUT2D eigenvalue weighted by Gasteiger charge is 2.33. The SMILES string of the molecule is CCn1c2ccc(C(=O)c3ccc(C4COC(C)(C)O4)cc3C)cc2c2cc(/C(C)=N/OC(C)=O)ccc21. The minimum absolute atomic E-state index is 0.0268. The van der Waals surface area contributed by atoms with Crippen LogP contribution < -0.4 is 0 Å². The van der Waals surface area contributed by atoms with E-state index in [1.165, 1.54) is 6.92 Å². The maximum atomic E-state index is 13.7. The molecule has 4 aromatic rings. The number of oxime groups is 1. The molecule has 1 atom stereocenters. The number of rotatable bonds is 6. The zero-order chi connectivity index (χ0) is 27.2. The molecule has 1 unspecified atom stereocenters. The Bertz CT molecular complexity index is 1610. The number of ether oxygens (including phenoxy) is 2. The van der Waals surface area contributed by atoms with Crippen molar-refractivity contribution in [3.63, 3.8) is 0 Å². The summed E-state index contributed by atoms with van der Waals surface area (Å²) in [6.07, 6.45) is -0.147. The molecule has 1 aliphatic heterocycles. The van der Waals surface area contributed by atoms with Crippen LogP contribution in [0.2, 0.25) is 0 Å². The van der Waals surface area contributed by atoms with E-state index in [2.05, 4.69) is 16.6 Å². The minimum atomic E-state index is -0.606. The van der Waals surface area contributed by atoms with Gasteiger partial charge in [0.2, 0.25) is 0 Å². The molecule has 0 radical (unpaired) electrons. The summed E-state index contributed by atoms with van der Waals surface area (Å²) in [6, 6.07) is 17.8. The predicted octanol–water partition coefficient (Wildman–Crippen LogP) is 6.46. The standard InChI is InChI=1S/C31H32N2O5/c1-7-33-27-12-9-21(19(3)32-38-20(4)34)15-25(27)26-16-23(10-13-28(26)33)30(35)24-11-8-22(14-18(24)2)29-17-36-31(5,6)37-29/h8-16,29H,7,17H2,1-6H3/b32-19+. The van der Waals surface area contributed by atoms with Gasteiger partial charge in [-0.2, -0.15) is 0 Å². The van der Waals surface area contributed by atoms with Crippen molar-refractivity contribution < 1.29 is 23.9 Å². The van der Waals surface area contributed by atoms with Crippen LogP contribution in [0.3, 0.4) is 0 Å². The van der Waals surface area contributed by atoms with Crippen molar-refractivity contribution in [2.75, 3.05) is 6.61 Å². The van der Waals surface area contributed by atoms with Gasteiger partial charge < -0.3 is 18.9 Å². The van der Waals surface area contributed by atoms with Crippen LogP contribution in [0.1, 0.15) is 73.3 Å². The smallest absolute Gasteiger partial charge is 0.331 e. The quantitative estimate of drug-likeness (QED) is 0.128. The van der Waals surface area contributed by atoms with Crippen molar-refractivity contribution in [2.45, 2.75) is 60.0 Å². The first kappa shape index (κ1) is 25.8. The predicted molar refractivity (Wildman–Crippen MR) is 148 cm³/mol. The van der Waals surface area contributed by atoms with Crippen LogP contribution in [0.5, 0.6) is 0 Å². The minimum Gasteiger partial charge on any atom is -0.347 e. The Morgan fingerprint density at radius 3 is 2.24 bits per heavy atom. The van der Waals surface area contributed by atoms with E-state index in [4.69, 9.17) is 14.3 Å². The highest BCUT2D eigenvalue weighted by molar-refractivity contribution is 6.16. The second-order valence-corrected chi connectivity index (χ2v) is 10.2. The lowest BCUT2D eigenvalue weighted by atomic mass is 9.95. The zero-order valence-corrected chi connectivity index (χ0v) is 22.6. The Hall–Kier alpha value is -3.81. The molecule has 2 heterocycles. The Morgan fingerprint density at radius 1 is 1.00 bits per heavy atom. The van der Waals surface area contributed by atoms with Crippen LogP contribution in [0.25, 0.3) is 21.8 Å². The normalized spacial score (nSPS) is 17.3. The fraction of sp³-hybridized carbons (Fsp3) is 0.323. The molecular formula is C31H32N2O5. The van der Waals surface area contributed by atoms with Crippen LogP contribution in [-0.2, 0) is 25.7 Å². The molecule has 196 valence electrons. The van der Waals surface area contributed by atoms with E-state index < -0.39 is 11.8 Å². The summed E-state index contributed by atoms with van der Waals surface area (Å²) in [4.78, 5) is 29.7. The first-order valence-corrected chi connectivity index (χ1v) is 12.8. The number of carbonyl (C=O) groups excluding carboxylic acids is 2. The Balaban J connectivity index is 1.53. The van der Waals surface area contributed by atoms with E-state index in [0.29, 0.717) is 23.4 Å². The number of ketones is 1. The van der Waals surface area contributed by atoms with Gasteiger partial charge in [-0.15, -0.1) is 0 Å². The zero-order valence-electron chi connectivity index (χ0n) is 22.6. The fourth-order valence-electron chi connectivity index (χ4n) is 5.15. The molecule has 0 amide bonds. The van der Waals surface area contributed by atoms with Crippen LogP contribution in [0.4, 0.5) is 0 Å². The van der Waals surface area contributed by atoms with E-state index in [0.717, 1.165) is 45.0 Å². The molecule has 1 saturated heterocycles. The van der Waals surface area contributed by atoms with Gasteiger partial charge in [0, 0.05) is 46.4 Å². The second-order valence-electron chi connectivity index (χ2n) is 10.2. The number of carbonyl (C=O) groups is 2. The monoisotopic (exact) mass is 512 g/mol. The summed E-state index contributed by atoms with van der Waals surface area (Å²) >= 11 is 0. The molecule has 0 bridgehead atoms. The highest BCUT2D eigenvalue weighted by Crippen LogP contribution is 2.35. The third kappa shape index (κ3) is 4.75. The maximum Gasteiger partial charge on any atom is 0.331 e. The Kier molecular flexibility index (Phi) is 6.67. The number of aryl methyl sites for hydroxylation is 2. The van der Waals surface area contributed by atoms with Gasteiger partial charge in [-0.3, -0.25) is 4.79 Å². The van der Waals surface area contributed by atoms with E-state index in [1.807, 2.05) is 75.4 Å². The number of hydrogen-bond acceptors (Lipinski definition) is 6. The van der Waals surface area contributed by atoms with Crippen molar-refractivity contribution in [3.8, 4) is 0 Å². The van der Waals surface area contributed by atoms with Gasteiger partial charge in [0.15, 0.2) is 11.6 Å². The molecule has 0 saturated carbocycles. The largest absolute Gasteiger partial charge is 0.347 e. The summed E-state index contributed by atoms with van der Waals surface area (Å²) in [7, 11) is 0. The van der Waals surface area contributed by atoms with E-state index in [-0.39, 0.29) is 11.9 Å². The van der Waals surface area contributed by atoms with Crippen LogP contribution >= 0.6 is 0 Å². The van der Waals surface area contributed by atoms with Crippen molar-refractivity contribution in [2.24, 2.45) is 5.16 Å². The van der Waals surface area contributed by atoms with E-state index in [1.54, 1.807) is 6.92 Å². The molecule has 38 heavy (non-hydrogen) atoms. The lowest BCUT2D eigenvalue weighted by Crippen LogP contribution is -2.19. The van der Waals surface area contributed by atoms with Gasteiger partial charge in [-0.05, 0) is 81.6 Å². The topological polar surface area (TPSA) is 79.1 Å².